The van der Waals surface area contributed by atoms with Crippen LogP contribution in [0.25, 0.3) is 0 Å². The number of benzene rings is 1. The summed E-state index contributed by atoms with van der Waals surface area (Å²) in [4.78, 5) is 11.5. The Morgan fingerprint density at radius 2 is 2.07 bits per heavy atom. The third-order valence-electron chi connectivity index (χ3n) is 4.57. The summed E-state index contributed by atoms with van der Waals surface area (Å²) in [6, 6.07) is 14.9. The highest BCUT2D eigenvalue weighted by Crippen LogP contribution is 2.19. The van der Waals surface area contributed by atoms with Crippen LogP contribution in [0.4, 0.5) is 5.69 Å². The van der Waals surface area contributed by atoms with Crippen molar-refractivity contribution >= 4 is 11.6 Å². The summed E-state index contributed by atoms with van der Waals surface area (Å²) in [6.45, 7) is 9.54. The number of hydrogen-bond donors (Lipinski definition) is 2. The van der Waals surface area contributed by atoms with Gasteiger partial charge in [-0.25, -0.2) is 9.98 Å². The summed E-state index contributed by atoms with van der Waals surface area (Å²) in [5, 5.41) is 6.92. The van der Waals surface area contributed by atoms with Crippen LogP contribution >= 0.6 is 0 Å². The van der Waals surface area contributed by atoms with E-state index in [0.29, 0.717) is 18.5 Å². The predicted molar refractivity (Wildman–Crippen MR) is 115 cm³/mol. The standard InChI is InChI=1S/C22H31N5O/c1-4-23-22(25-15-18-10-11-21(24-14-18)28-17(2)3)26-19-12-13-27(16-19)20-8-6-5-7-9-20/h5-11,14,17,19H,4,12-13,15-16H2,1-3H3,(H2,23,25,26). The van der Waals surface area contributed by atoms with Gasteiger partial charge in [0.25, 0.3) is 0 Å². The molecule has 2 heterocycles. The van der Waals surface area contributed by atoms with Gasteiger partial charge in [0.2, 0.25) is 5.88 Å². The highest BCUT2D eigenvalue weighted by atomic mass is 16.5. The summed E-state index contributed by atoms with van der Waals surface area (Å²) < 4.78 is 5.59. The average molecular weight is 382 g/mol. The normalized spacial score (nSPS) is 17.1. The molecule has 0 saturated carbocycles. The Bertz CT molecular complexity index is 745. The molecule has 1 saturated heterocycles. The molecule has 3 rings (SSSR count). The Labute approximate surface area is 168 Å². The SMILES string of the molecule is CCNC(=NCc1ccc(OC(C)C)nc1)NC1CCN(c2ccccc2)C1. The molecule has 0 aliphatic carbocycles. The van der Waals surface area contributed by atoms with Gasteiger partial charge in [0, 0.05) is 43.6 Å². The summed E-state index contributed by atoms with van der Waals surface area (Å²) in [5.74, 6) is 1.50. The fraction of sp³-hybridized carbons (Fsp3) is 0.455. The Morgan fingerprint density at radius 1 is 1.25 bits per heavy atom. The molecule has 6 heteroatoms. The third kappa shape index (κ3) is 5.87. The van der Waals surface area contributed by atoms with E-state index in [4.69, 9.17) is 9.73 Å². The van der Waals surface area contributed by atoms with Crippen LogP contribution in [0.5, 0.6) is 5.88 Å². The molecule has 1 aromatic heterocycles. The Kier molecular flexibility index (Phi) is 7.12. The molecule has 1 aliphatic heterocycles. The number of anilines is 1. The second-order valence-corrected chi connectivity index (χ2v) is 7.28. The number of para-hydroxylation sites is 1. The van der Waals surface area contributed by atoms with Gasteiger partial charge in [0.15, 0.2) is 5.96 Å². The molecule has 1 unspecified atom stereocenters. The zero-order valence-corrected chi connectivity index (χ0v) is 17.1. The molecule has 0 radical (unpaired) electrons. The van der Waals surface area contributed by atoms with E-state index in [1.807, 2.05) is 32.2 Å². The van der Waals surface area contributed by atoms with Gasteiger partial charge in [-0.3, -0.25) is 0 Å². The number of nitrogens with zero attached hydrogens (tertiary/aromatic N) is 3. The van der Waals surface area contributed by atoms with Crippen molar-refractivity contribution in [3.8, 4) is 5.88 Å². The molecule has 1 atom stereocenters. The fourth-order valence-corrected chi connectivity index (χ4v) is 3.25. The van der Waals surface area contributed by atoms with Crippen molar-refractivity contribution < 1.29 is 4.74 Å². The molecule has 1 aliphatic rings. The number of ether oxygens (including phenoxy) is 1. The Balaban J connectivity index is 1.56. The smallest absolute Gasteiger partial charge is 0.213 e. The van der Waals surface area contributed by atoms with Gasteiger partial charge in [0.05, 0.1) is 12.6 Å². The summed E-state index contributed by atoms with van der Waals surface area (Å²) in [7, 11) is 0. The molecule has 0 spiro atoms. The van der Waals surface area contributed by atoms with Gasteiger partial charge < -0.3 is 20.3 Å². The second kappa shape index (κ2) is 9.97. The zero-order chi connectivity index (χ0) is 19.8. The first-order chi connectivity index (χ1) is 13.6. The van der Waals surface area contributed by atoms with E-state index >= 15 is 0 Å². The molecular weight excluding hydrogens is 350 g/mol. The van der Waals surface area contributed by atoms with Gasteiger partial charge in [0.1, 0.15) is 0 Å². The van der Waals surface area contributed by atoms with Crippen LogP contribution in [0.3, 0.4) is 0 Å². The number of pyridine rings is 1. The topological polar surface area (TPSA) is 61.8 Å². The highest BCUT2D eigenvalue weighted by molar-refractivity contribution is 5.80. The van der Waals surface area contributed by atoms with Crippen molar-refractivity contribution in [1.29, 1.82) is 0 Å². The van der Waals surface area contributed by atoms with Crippen molar-refractivity contribution in [2.45, 2.75) is 45.9 Å². The summed E-state index contributed by atoms with van der Waals surface area (Å²) in [5.41, 5.74) is 2.34. The maximum atomic E-state index is 5.59. The zero-order valence-electron chi connectivity index (χ0n) is 17.1. The fourth-order valence-electron chi connectivity index (χ4n) is 3.25. The average Bonchev–Trinajstić information content (AvgIpc) is 3.16. The third-order valence-corrected chi connectivity index (χ3v) is 4.57. The van der Waals surface area contributed by atoms with Gasteiger partial charge >= 0.3 is 0 Å². The largest absolute Gasteiger partial charge is 0.475 e. The molecule has 0 bridgehead atoms. The van der Waals surface area contributed by atoms with E-state index in [1.54, 1.807) is 0 Å². The van der Waals surface area contributed by atoms with Crippen LogP contribution < -0.4 is 20.3 Å². The number of rotatable bonds is 7. The van der Waals surface area contributed by atoms with Gasteiger partial charge in [-0.05, 0) is 44.9 Å². The van der Waals surface area contributed by atoms with Gasteiger partial charge in [-0.1, -0.05) is 24.3 Å². The molecule has 1 aromatic carbocycles. The lowest BCUT2D eigenvalue weighted by atomic mass is 10.2. The number of nitrogens with one attached hydrogen (secondary N) is 2. The predicted octanol–water partition coefficient (Wildman–Crippen LogP) is 3.20. The minimum Gasteiger partial charge on any atom is -0.475 e. The number of guanidine groups is 1. The van der Waals surface area contributed by atoms with Crippen LogP contribution in [0.2, 0.25) is 0 Å². The monoisotopic (exact) mass is 381 g/mol. The minimum atomic E-state index is 0.128. The van der Waals surface area contributed by atoms with Gasteiger partial charge in [-0.15, -0.1) is 0 Å². The minimum absolute atomic E-state index is 0.128. The molecule has 2 N–H and O–H groups in total. The van der Waals surface area contributed by atoms with E-state index in [-0.39, 0.29) is 6.10 Å². The van der Waals surface area contributed by atoms with Crippen LogP contribution in [-0.2, 0) is 6.54 Å². The maximum absolute atomic E-state index is 5.59. The molecule has 2 aromatic rings. The molecule has 28 heavy (non-hydrogen) atoms. The van der Waals surface area contributed by atoms with Crippen LogP contribution in [-0.4, -0.2) is 42.7 Å². The molecule has 1 fully saturated rings. The second-order valence-electron chi connectivity index (χ2n) is 7.28. The van der Waals surface area contributed by atoms with E-state index in [9.17, 15) is 0 Å². The van der Waals surface area contributed by atoms with Crippen LogP contribution in [0.15, 0.2) is 53.7 Å². The molecule has 150 valence electrons. The molecule has 0 amide bonds. The quantitative estimate of drug-likeness (QED) is 0.570. The first-order valence-corrected chi connectivity index (χ1v) is 10.1. The van der Waals surface area contributed by atoms with Gasteiger partial charge in [-0.2, -0.15) is 0 Å². The van der Waals surface area contributed by atoms with Crippen LogP contribution in [0, 0.1) is 0 Å². The number of aromatic nitrogens is 1. The Morgan fingerprint density at radius 3 is 2.75 bits per heavy atom. The summed E-state index contributed by atoms with van der Waals surface area (Å²) in [6.07, 6.45) is 3.06. The highest BCUT2D eigenvalue weighted by Gasteiger charge is 2.23. The van der Waals surface area contributed by atoms with Crippen molar-refractivity contribution in [2.24, 2.45) is 4.99 Å². The Hall–Kier alpha value is -2.76. The maximum Gasteiger partial charge on any atom is 0.213 e. The van der Waals surface area contributed by atoms with E-state index in [0.717, 1.165) is 37.6 Å². The number of aliphatic imine (C=N–C) groups is 1. The van der Waals surface area contributed by atoms with Crippen LogP contribution in [0.1, 0.15) is 32.8 Å². The lowest BCUT2D eigenvalue weighted by Crippen LogP contribution is -2.44. The van der Waals surface area contributed by atoms with Crippen molar-refractivity contribution in [1.82, 2.24) is 15.6 Å². The first-order valence-electron chi connectivity index (χ1n) is 10.1. The van der Waals surface area contributed by atoms with Crippen molar-refractivity contribution in [3.05, 3.63) is 54.2 Å². The van der Waals surface area contributed by atoms with Crippen molar-refractivity contribution in [2.75, 3.05) is 24.5 Å². The van der Waals surface area contributed by atoms with E-state index < -0.39 is 0 Å². The lowest BCUT2D eigenvalue weighted by molar-refractivity contribution is 0.232. The first kappa shape index (κ1) is 20.0. The van der Waals surface area contributed by atoms with Crippen molar-refractivity contribution in [3.63, 3.8) is 0 Å². The lowest BCUT2D eigenvalue weighted by Gasteiger charge is -2.20. The molecule has 6 nitrogen and oxygen atoms in total. The molecular formula is C22H31N5O. The van der Waals surface area contributed by atoms with E-state index in [1.165, 1.54) is 5.69 Å². The number of hydrogen-bond acceptors (Lipinski definition) is 4. The van der Waals surface area contributed by atoms with E-state index in [2.05, 4.69) is 57.8 Å². The summed E-state index contributed by atoms with van der Waals surface area (Å²) >= 11 is 0.